The summed E-state index contributed by atoms with van der Waals surface area (Å²) in [5.74, 6) is -1.06. The molecule has 2 aromatic rings. The highest BCUT2D eigenvalue weighted by Gasteiger charge is 2.11. The minimum Gasteiger partial charge on any atom is -0.478 e. The number of rotatable bonds is 1. The summed E-state index contributed by atoms with van der Waals surface area (Å²) < 4.78 is 0.362. The molecule has 0 aliphatic carbocycles. The number of halogens is 1. The molecule has 2 rings (SSSR count). The molecular weight excluding hydrogens is 264 g/mol. The van der Waals surface area contributed by atoms with E-state index in [1.807, 2.05) is 0 Å². The van der Waals surface area contributed by atoms with E-state index in [-0.39, 0.29) is 11.1 Å². The van der Waals surface area contributed by atoms with Gasteiger partial charge in [-0.1, -0.05) is 0 Å². The Kier molecular flexibility index (Phi) is 2.28. The minimum absolute atomic E-state index is 0.0839. The van der Waals surface area contributed by atoms with Crippen LogP contribution >= 0.6 is 15.9 Å². The zero-order valence-electron chi connectivity index (χ0n) is 7.32. The number of aromatic amines is 1. The summed E-state index contributed by atoms with van der Waals surface area (Å²) >= 11 is 3.09. The van der Waals surface area contributed by atoms with Crippen molar-refractivity contribution in [2.45, 2.75) is 0 Å². The summed E-state index contributed by atoms with van der Waals surface area (Å²) in [6, 6.07) is 2.81. The number of fused-ring (bicyclic) bond motifs is 1. The zero-order chi connectivity index (χ0) is 11.0. The average molecular weight is 269 g/mol. The van der Waals surface area contributed by atoms with E-state index in [1.165, 1.54) is 18.5 Å². The van der Waals surface area contributed by atoms with Gasteiger partial charge in [0.05, 0.1) is 22.8 Å². The number of aromatic nitrogens is 2. The van der Waals surface area contributed by atoms with Crippen molar-refractivity contribution in [2.24, 2.45) is 0 Å². The van der Waals surface area contributed by atoms with Crippen molar-refractivity contribution in [3.8, 4) is 0 Å². The molecule has 76 valence electrons. The second-order valence-electron chi connectivity index (χ2n) is 2.89. The molecule has 0 bridgehead atoms. The van der Waals surface area contributed by atoms with Gasteiger partial charge in [-0.3, -0.25) is 4.79 Å². The summed E-state index contributed by atoms with van der Waals surface area (Å²) in [4.78, 5) is 28.5. The summed E-state index contributed by atoms with van der Waals surface area (Å²) in [6.07, 6.45) is 1.24. The van der Waals surface area contributed by atoms with E-state index < -0.39 is 5.97 Å². The Hall–Kier alpha value is -1.69. The minimum atomic E-state index is -1.06. The van der Waals surface area contributed by atoms with Crippen LogP contribution in [-0.2, 0) is 0 Å². The summed E-state index contributed by atoms with van der Waals surface area (Å²) in [6.45, 7) is 0. The third-order valence-corrected chi connectivity index (χ3v) is 2.62. The van der Waals surface area contributed by atoms with Gasteiger partial charge >= 0.3 is 5.97 Å². The number of hydrogen-bond acceptors (Lipinski definition) is 3. The maximum Gasteiger partial charge on any atom is 0.336 e. The quantitative estimate of drug-likeness (QED) is 0.819. The lowest BCUT2D eigenvalue weighted by atomic mass is 10.1. The van der Waals surface area contributed by atoms with Crippen LogP contribution in [0.15, 0.2) is 27.7 Å². The Labute approximate surface area is 91.9 Å². The highest BCUT2D eigenvalue weighted by atomic mass is 79.9. The molecule has 1 heterocycles. The molecule has 1 aromatic carbocycles. The van der Waals surface area contributed by atoms with Crippen molar-refractivity contribution < 1.29 is 9.90 Å². The van der Waals surface area contributed by atoms with Crippen LogP contribution < -0.4 is 5.56 Å². The van der Waals surface area contributed by atoms with E-state index in [0.29, 0.717) is 15.4 Å². The lowest BCUT2D eigenvalue weighted by Crippen LogP contribution is -2.08. The van der Waals surface area contributed by atoms with Gasteiger partial charge in [-0.25, -0.2) is 9.78 Å². The molecule has 0 spiro atoms. The predicted molar refractivity (Wildman–Crippen MR) is 57.0 cm³/mol. The number of aromatic carboxylic acids is 1. The molecule has 0 aliphatic rings. The first kappa shape index (κ1) is 9.85. The second kappa shape index (κ2) is 3.47. The standard InChI is InChI=1S/C9H5BrN2O3/c10-6-1-5-7(2-4(6)9(14)15)11-3-12-8(5)13/h1-3H,(H,14,15)(H,11,12,13). The van der Waals surface area contributed by atoms with Crippen molar-refractivity contribution >= 4 is 32.8 Å². The van der Waals surface area contributed by atoms with Crippen molar-refractivity contribution in [2.75, 3.05) is 0 Å². The normalized spacial score (nSPS) is 10.5. The van der Waals surface area contributed by atoms with Crippen LogP contribution in [0.4, 0.5) is 0 Å². The van der Waals surface area contributed by atoms with Gasteiger partial charge in [0.2, 0.25) is 0 Å². The van der Waals surface area contributed by atoms with Gasteiger partial charge in [0.1, 0.15) is 0 Å². The number of carboxylic acid groups (broad SMARTS) is 1. The molecule has 0 amide bonds. The van der Waals surface area contributed by atoms with Crippen molar-refractivity contribution in [1.82, 2.24) is 9.97 Å². The zero-order valence-corrected chi connectivity index (χ0v) is 8.91. The number of H-pyrrole nitrogens is 1. The molecule has 15 heavy (non-hydrogen) atoms. The highest BCUT2D eigenvalue weighted by Crippen LogP contribution is 2.21. The van der Waals surface area contributed by atoms with Crippen LogP contribution in [0.3, 0.4) is 0 Å². The smallest absolute Gasteiger partial charge is 0.336 e. The topological polar surface area (TPSA) is 83.0 Å². The monoisotopic (exact) mass is 268 g/mol. The fraction of sp³-hybridized carbons (Fsp3) is 0. The van der Waals surface area contributed by atoms with E-state index in [2.05, 4.69) is 25.9 Å². The first-order valence-corrected chi connectivity index (χ1v) is 4.79. The van der Waals surface area contributed by atoms with Gasteiger partial charge in [0.15, 0.2) is 0 Å². The number of nitrogens with zero attached hydrogens (tertiary/aromatic N) is 1. The van der Waals surface area contributed by atoms with Crippen molar-refractivity contribution in [3.05, 3.63) is 38.9 Å². The van der Waals surface area contributed by atoms with E-state index in [9.17, 15) is 9.59 Å². The number of nitrogens with one attached hydrogen (secondary N) is 1. The first-order chi connectivity index (χ1) is 7.09. The second-order valence-corrected chi connectivity index (χ2v) is 3.74. The average Bonchev–Trinajstić information content (AvgIpc) is 2.18. The SMILES string of the molecule is O=C(O)c1cc2nc[nH]c(=O)c2cc1Br. The molecule has 0 saturated heterocycles. The van der Waals surface area contributed by atoms with Crippen LogP contribution in [0.5, 0.6) is 0 Å². The highest BCUT2D eigenvalue weighted by molar-refractivity contribution is 9.10. The van der Waals surface area contributed by atoms with Crippen molar-refractivity contribution in [1.29, 1.82) is 0 Å². The number of carbonyl (C=O) groups is 1. The molecular formula is C9H5BrN2O3. The first-order valence-electron chi connectivity index (χ1n) is 4.00. The number of carboxylic acids is 1. The Morgan fingerprint density at radius 1 is 1.47 bits per heavy atom. The van der Waals surface area contributed by atoms with E-state index in [1.54, 1.807) is 0 Å². The van der Waals surface area contributed by atoms with Gasteiger partial charge in [0, 0.05) is 4.47 Å². The van der Waals surface area contributed by atoms with Gasteiger partial charge < -0.3 is 10.1 Å². The fourth-order valence-electron chi connectivity index (χ4n) is 1.25. The molecule has 0 aliphatic heterocycles. The van der Waals surface area contributed by atoms with Crippen LogP contribution in [-0.4, -0.2) is 21.0 Å². The summed E-state index contributed by atoms with van der Waals surface area (Å²) in [5.41, 5.74) is 0.151. The molecule has 0 fully saturated rings. The van der Waals surface area contributed by atoms with E-state index in [4.69, 9.17) is 5.11 Å². The maximum atomic E-state index is 11.3. The predicted octanol–water partition coefficient (Wildman–Crippen LogP) is 1.38. The molecule has 0 radical (unpaired) electrons. The van der Waals surface area contributed by atoms with Crippen molar-refractivity contribution in [3.63, 3.8) is 0 Å². The third kappa shape index (κ3) is 1.63. The third-order valence-electron chi connectivity index (χ3n) is 1.96. The Balaban J connectivity index is 2.88. The molecule has 1 aromatic heterocycles. The number of hydrogen-bond donors (Lipinski definition) is 2. The summed E-state index contributed by atoms with van der Waals surface area (Å²) in [7, 11) is 0. The van der Waals surface area contributed by atoms with E-state index >= 15 is 0 Å². The maximum absolute atomic E-state index is 11.3. The molecule has 0 saturated carbocycles. The molecule has 6 heteroatoms. The van der Waals surface area contributed by atoms with Gasteiger partial charge in [-0.15, -0.1) is 0 Å². The van der Waals surface area contributed by atoms with Crippen LogP contribution in [0.2, 0.25) is 0 Å². The van der Waals surface area contributed by atoms with E-state index in [0.717, 1.165) is 0 Å². The Morgan fingerprint density at radius 2 is 2.20 bits per heavy atom. The van der Waals surface area contributed by atoms with Gasteiger partial charge in [-0.05, 0) is 28.1 Å². The van der Waals surface area contributed by atoms with Gasteiger partial charge in [-0.2, -0.15) is 0 Å². The fourth-order valence-corrected chi connectivity index (χ4v) is 1.77. The summed E-state index contributed by atoms with van der Waals surface area (Å²) in [5, 5.41) is 9.21. The van der Waals surface area contributed by atoms with Crippen LogP contribution in [0, 0.1) is 0 Å². The molecule has 5 nitrogen and oxygen atoms in total. The van der Waals surface area contributed by atoms with Gasteiger partial charge in [0.25, 0.3) is 5.56 Å². The van der Waals surface area contributed by atoms with Crippen LogP contribution in [0.1, 0.15) is 10.4 Å². The Bertz CT molecular complexity index is 606. The number of benzene rings is 1. The lowest BCUT2D eigenvalue weighted by Gasteiger charge is -2.00. The lowest BCUT2D eigenvalue weighted by molar-refractivity contribution is 0.0696. The van der Waals surface area contributed by atoms with Crippen LogP contribution in [0.25, 0.3) is 10.9 Å². The largest absolute Gasteiger partial charge is 0.478 e. The molecule has 0 atom stereocenters. The Morgan fingerprint density at radius 3 is 2.87 bits per heavy atom. The molecule has 2 N–H and O–H groups in total. The molecule has 0 unspecified atom stereocenters.